The number of hydrogen-bond acceptors (Lipinski definition) is 2. The van der Waals surface area contributed by atoms with Crippen molar-refractivity contribution in [2.24, 2.45) is 5.84 Å². The van der Waals surface area contributed by atoms with Crippen molar-refractivity contribution in [1.29, 1.82) is 0 Å². The predicted molar refractivity (Wildman–Crippen MR) is 72.5 cm³/mol. The van der Waals surface area contributed by atoms with Crippen LogP contribution in [0.25, 0.3) is 21.5 Å². The summed E-state index contributed by atoms with van der Waals surface area (Å²) in [4.78, 5) is 0. The molecule has 0 aliphatic carbocycles. The summed E-state index contributed by atoms with van der Waals surface area (Å²) in [5, 5.41) is 5.09. The van der Waals surface area contributed by atoms with Gasteiger partial charge in [-0.05, 0) is 45.3 Å². The van der Waals surface area contributed by atoms with E-state index in [1.165, 1.54) is 27.1 Å². The van der Waals surface area contributed by atoms with Gasteiger partial charge >= 0.3 is 0 Å². The van der Waals surface area contributed by atoms with Crippen LogP contribution in [0.2, 0.25) is 0 Å². The van der Waals surface area contributed by atoms with E-state index in [9.17, 15) is 0 Å². The zero-order valence-corrected chi connectivity index (χ0v) is 9.48. The molecular weight excluding hydrogens is 208 g/mol. The molecular formula is C15H14N2. The van der Waals surface area contributed by atoms with Gasteiger partial charge in [-0.15, -0.1) is 0 Å². The summed E-state index contributed by atoms with van der Waals surface area (Å²) in [5.74, 6) is 5.35. The lowest BCUT2D eigenvalue weighted by Crippen LogP contribution is -2.20. The standard InChI is InChI=1S/C15H14N2/c16-17-10-11-5-6-14-8-12-3-1-2-4-13(12)9-15(14)7-11/h1-9,17H,10,16H2. The monoisotopic (exact) mass is 222 g/mol. The zero-order chi connectivity index (χ0) is 11.7. The normalized spacial score (nSPS) is 11.1. The lowest BCUT2D eigenvalue weighted by atomic mass is 10.0. The second-order valence-electron chi connectivity index (χ2n) is 4.26. The fourth-order valence-electron chi connectivity index (χ4n) is 2.22. The molecule has 3 rings (SSSR count). The minimum absolute atomic E-state index is 0.697. The number of hydrazine groups is 1. The molecule has 0 bridgehead atoms. The SMILES string of the molecule is NNCc1ccc2cc3ccccc3cc2c1. The van der Waals surface area contributed by atoms with Crippen LogP contribution in [0.5, 0.6) is 0 Å². The van der Waals surface area contributed by atoms with Crippen LogP contribution in [0.3, 0.4) is 0 Å². The largest absolute Gasteiger partial charge is 0.271 e. The Bertz CT molecular complexity index is 674. The minimum Gasteiger partial charge on any atom is -0.271 e. The molecule has 3 aromatic carbocycles. The van der Waals surface area contributed by atoms with Crippen molar-refractivity contribution in [3.05, 3.63) is 60.2 Å². The lowest BCUT2D eigenvalue weighted by Gasteiger charge is -2.05. The molecule has 0 unspecified atom stereocenters. The third kappa shape index (κ3) is 1.88. The average Bonchev–Trinajstić information content (AvgIpc) is 2.36. The maximum absolute atomic E-state index is 5.35. The van der Waals surface area contributed by atoms with Gasteiger partial charge in [-0.2, -0.15) is 0 Å². The number of nitrogens with one attached hydrogen (secondary N) is 1. The van der Waals surface area contributed by atoms with Crippen molar-refractivity contribution >= 4 is 21.5 Å². The highest BCUT2D eigenvalue weighted by molar-refractivity contribution is 5.98. The van der Waals surface area contributed by atoms with Crippen LogP contribution in [0.1, 0.15) is 5.56 Å². The second-order valence-corrected chi connectivity index (χ2v) is 4.26. The Balaban J connectivity index is 2.25. The molecule has 0 radical (unpaired) electrons. The predicted octanol–water partition coefficient (Wildman–Crippen LogP) is 2.96. The lowest BCUT2D eigenvalue weighted by molar-refractivity contribution is 0.742. The molecule has 17 heavy (non-hydrogen) atoms. The van der Waals surface area contributed by atoms with Crippen LogP contribution in [0, 0.1) is 0 Å². The Morgan fingerprint density at radius 3 is 2.12 bits per heavy atom. The molecule has 0 heterocycles. The van der Waals surface area contributed by atoms with Gasteiger partial charge in [0.1, 0.15) is 0 Å². The molecule has 0 aliphatic rings. The maximum atomic E-state index is 5.35. The summed E-state index contributed by atoms with van der Waals surface area (Å²) >= 11 is 0. The van der Waals surface area contributed by atoms with Gasteiger partial charge in [0.15, 0.2) is 0 Å². The quantitative estimate of drug-likeness (QED) is 0.397. The molecule has 0 saturated carbocycles. The fraction of sp³-hybridized carbons (Fsp3) is 0.0667. The van der Waals surface area contributed by atoms with E-state index >= 15 is 0 Å². The molecule has 0 fully saturated rings. The molecule has 0 saturated heterocycles. The van der Waals surface area contributed by atoms with Crippen LogP contribution < -0.4 is 11.3 Å². The summed E-state index contributed by atoms with van der Waals surface area (Å²) < 4.78 is 0. The van der Waals surface area contributed by atoms with Gasteiger partial charge in [0, 0.05) is 6.54 Å². The first-order chi connectivity index (χ1) is 8.36. The van der Waals surface area contributed by atoms with Crippen LogP contribution in [-0.2, 0) is 6.54 Å². The summed E-state index contributed by atoms with van der Waals surface area (Å²) in [5.41, 5.74) is 3.89. The van der Waals surface area contributed by atoms with Gasteiger partial charge in [0.25, 0.3) is 0 Å². The highest BCUT2D eigenvalue weighted by Crippen LogP contribution is 2.23. The second kappa shape index (κ2) is 4.17. The molecule has 2 heteroatoms. The zero-order valence-electron chi connectivity index (χ0n) is 9.48. The molecule has 0 spiro atoms. The van der Waals surface area contributed by atoms with E-state index in [1.54, 1.807) is 0 Å². The fourth-order valence-corrected chi connectivity index (χ4v) is 2.22. The smallest absolute Gasteiger partial charge is 0.0348 e. The first-order valence-electron chi connectivity index (χ1n) is 5.72. The van der Waals surface area contributed by atoms with Gasteiger partial charge in [-0.1, -0.05) is 36.4 Å². The highest BCUT2D eigenvalue weighted by Gasteiger charge is 1.99. The van der Waals surface area contributed by atoms with Gasteiger partial charge in [-0.25, -0.2) is 0 Å². The number of hydrogen-bond donors (Lipinski definition) is 2. The molecule has 3 N–H and O–H groups in total. The summed E-state index contributed by atoms with van der Waals surface area (Å²) in [6.45, 7) is 0.697. The van der Waals surface area contributed by atoms with Gasteiger partial charge in [-0.3, -0.25) is 11.3 Å². The Morgan fingerprint density at radius 2 is 1.41 bits per heavy atom. The molecule has 84 valence electrons. The minimum atomic E-state index is 0.697. The van der Waals surface area contributed by atoms with Gasteiger partial charge < -0.3 is 0 Å². The van der Waals surface area contributed by atoms with E-state index in [0.29, 0.717) is 6.54 Å². The van der Waals surface area contributed by atoms with E-state index in [2.05, 4.69) is 60.0 Å². The summed E-state index contributed by atoms with van der Waals surface area (Å²) in [7, 11) is 0. The molecule has 0 atom stereocenters. The van der Waals surface area contributed by atoms with Crippen molar-refractivity contribution in [3.8, 4) is 0 Å². The maximum Gasteiger partial charge on any atom is 0.0348 e. The van der Waals surface area contributed by atoms with E-state index in [4.69, 9.17) is 5.84 Å². The number of benzene rings is 3. The van der Waals surface area contributed by atoms with Gasteiger partial charge in [0.05, 0.1) is 0 Å². The molecule has 2 nitrogen and oxygen atoms in total. The van der Waals surface area contributed by atoms with Crippen LogP contribution in [0.15, 0.2) is 54.6 Å². The van der Waals surface area contributed by atoms with Crippen molar-refractivity contribution in [2.75, 3.05) is 0 Å². The number of rotatable bonds is 2. The van der Waals surface area contributed by atoms with E-state index in [-0.39, 0.29) is 0 Å². The third-order valence-electron chi connectivity index (χ3n) is 3.08. The molecule has 0 aliphatic heterocycles. The Hall–Kier alpha value is -1.90. The summed E-state index contributed by atoms with van der Waals surface area (Å²) in [6, 6.07) is 19.3. The third-order valence-corrected chi connectivity index (χ3v) is 3.08. The van der Waals surface area contributed by atoms with Crippen molar-refractivity contribution in [3.63, 3.8) is 0 Å². The number of nitrogens with two attached hydrogens (primary N) is 1. The molecule has 0 amide bonds. The topological polar surface area (TPSA) is 38.0 Å². The molecule has 3 aromatic rings. The Kier molecular flexibility index (Phi) is 2.52. The van der Waals surface area contributed by atoms with Crippen LogP contribution in [0.4, 0.5) is 0 Å². The van der Waals surface area contributed by atoms with E-state index < -0.39 is 0 Å². The first-order valence-corrected chi connectivity index (χ1v) is 5.72. The average molecular weight is 222 g/mol. The van der Waals surface area contributed by atoms with Crippen molar-refractivity contribution < 1.29 is 0 Å². The number of fused-ring (bicyclic) bond motifs is 2. The van der Waals surface area contributed by atoms with E-state index in [1.807, 2.05) is 0 Å². The highest BCUT2D eigenvalue weighted by atomic mass is 15.2. The molecule has 0 aromatic heterocycles. The van der Waals surface area contributed by atoms with Crippen LogP contribution in [-0.4, -0.2) is 0 Å². The van der Waals surface area contributed by atoms with Crippen molar-refractivity contribution in [2.45, 2.75) is 6.54 Å². The van der Waals surface area contributed by atoms with E-state index in [0.717, 1.165) is 0 Å². The summed E-state index contributed by atoms with van der Waals surface area (Å²) in [6.07, 6.45) is 0. The first kappa shape index (κ1) is 10.3. The Morgan fingerprint density at radius 1 is 0.765 bits per heavy atom. The van der Waals surface area contributed by atoms with Crippen LogP contribution >= 0.6 is 0 Å². The Labute approximate surface area is 100 Å². The van der Waals surface area contributed by atoms with Gasteiger partial charge in [0.2, 0.25) is 0 Å². The van der Waals surface area contributed by atoms with Crippen molar-refractivity contribution in [1.82, 2.24) is 5.43 Å².